The van der Waals surface area contributed by atoms with E-state index in [0.717, 1.165) is 31.7 Å². The zero-order chi connectivity index (χ0) is 13.9. The van der Waals surface area contributed by atoms with Crippen LogP contribution in [-0.4, -0.2) is 26.2 Å². The van der Waals surface area contributed by atoms with Crippen LogP contribution in [0.3, 0.4) is 0 Å². The Hall–Kier alpha value is -0.980. The van der Waals surface area contributed by atoms with Gasteiger partial charge in [0.05, 0.1) is 7.11 Å². The molecule has 4 nitrogen and oxygen atoms in total. The monoisotopic (exact) mass is 391 g/mol. The molecule has 0 unspecified atom stereocenters. The van der Waals surface area contributed by atoms with Gasteiger partial charge < -0.3 is 15.8 Å². The van der Waals surface area contributed by atoms with E-state index in [1.54, 1.807) is 7.11 Å². The minimum absolute atomic E-state index is 0. The molecule has 0 saturated carbocycles. The van der Waals surface area contributed by atoms with Crippen molar-refractivity contribution in [1.82, 2.24) is 5.32 Å². The third-order valence-electron chi connectivity index (χ3n) is 2.92. The van der Waals surface area contributed by atoms with E-state index in [-0.39, 0.29) is 24.0 Å². The van der Waals surface area contributed by atoms with Crippen LogP contribution in [0.15, 0.2) is 29.3 Å². The van der Waals surface area contributed by atoms with E-state index in [1.165, 1.54) is 18.4 Å². The summed E-state index contributed by atoms with van der Waals surface area (Å²) in [6.45, 7) is 3.80. The van der Waals surface area contributed by atoms with E-state index >= 15 is 0 Å². The Morgan fingerprint density at radius 3 is 2.55 bits per heavy atom. The number of benzene rings is 1. The van der Waals surface area contributed by atoms with Gasteiger partial charge in [-0.1, -0.05) is 31.9 Å². The first-order chi connectivity index (χ1) is 9.26. The highest BCUT2D eigenvalue weighted by Gasteiger charge is 1.96. The summed E-state index contributed by atoms with van der Waals surface area (Å²) < 4.78 is 5.12. The summed E-state index contributed by atoms with van der Waals surface area (Å²) in [6, 6.07) is 8.07. The number of halogens is 1. The molecule has 0 fully saturated rings. The minimum Gasteiger partial charge on any atom is -0.497 e. The fourth-order valence-electron chi connectivity index (χ4n) is 1.74. The molecule has 5 heteroatoms. The molecule has 3 N–H and O–H groups in total. The molecule has 0 saturated heterocycles. The Morgan fingerprint density at radius 2 is 1.95 bits per heavy atom. The Kier molecular flexibility index (Phi) is 11.2. The molecule has 0 aliphatic rings. The molecule has 1 rings (SSSR count). The number of nitrogens with two attached hydrogens (primary N) is 1. The van der Waals surface area contributed by atoms with Gasteiger partial charge >= 0.3 is 0 Å². The Morgan fingerprint density at radius 1 is 1.25 bits per heavy atom. The molecule has 114 valence electrons. The Labute approximate surface area is 139 Å². The molecular weight excluding hydrogens is 365 g/mol. The van der Waals surface area contributed by atoms with Gasteiger partial charge in [0.25, 0.3) is 0 Å². The van der Waals surface area contributed by atoms with Crippen LogP contribution in [0.1, 0.15) is 31.7 Å². The smallest absolute Gasteiger partial charge is 0.188 e. The number of aliphatic imine (C=N–C) groups is 1. The highest BCUT2D eigenvalue weighted by atomic mass is 127. The van der Waals surface area contributed by atoms with Gasteiger partial charge in [-0.15, -0.1) is 24.0 Å². The predicted octanol–water partition coefficient (Wildman–Crippen LogP) is 2.95. The highest BCUT2D eigenvalue weighted by molar-refractivity contribution is 14.0. The standard InChI is InChI=1S/C15H25N3O.HI/c1-3-4-5-11-17-15(16)18-12-10-13-6-8-14(19-2)9-7-13;/h6-9H,3-5,10-12H2,1-2H3,(H3,16,17,18);1H. The number of hydrogen-bond donors (Lipinski definition) is 2. The summed E-state index contributed by atoms with van der Waals surface area (Å²) in [6.07, 6.45) is 4.45. The first kappa shape index (κ1) is 19.0. The van der Waals surface area contributed by atoms with Gasteiger partial charge in [-0.2, -0.15) is 0 Å². The lowest BCUT2D eigenvalue weighted by atomic mass is 10.1. The maximum atomic E-state index is 5.78. The van der Waals surface area contributed by atoms with E-state index in [9.17, 15) is 0 Å². The highest BCUT2D eigenvalue weighted by Crippen LogP contribution is 2.11. The van der Waals surface area contributed by atoms with E-state index in [1.807, 2.05) is 12.1 Å². The van der Waals surface area contributed by atoms with Gasteiger partial charge in [0.15, 0.2) is 5.96 Å². The topological polar surface area (TPSA) is 59.6 Å². The van der Waals surface area contributed by atoms with Crippen LogP contribution in [0.4, 0.5) is 0 Å². The SMILES string of the molecule is CCCCCN=C(N)NCCc1ccc(OC)cc1.I. The number of hydrogen-bond acceptors (Lipinski definition) is 2. The first-order valence-electron chi connectivity index (χ1n) is 6.93. The lowest BCUT2D eigenvalue weighted by Crippen LogP contribution is -2.33. The maximum absolute atomic E-state index is 5.78. The summed E-state index contributed by atoms with van der Waals surface area (Å²) in [5.74, 6) is 1.43. The molecule has 0 atom stereocenters. The van der Waals surface area contributed by atoms with Crippen molar-refractivity contribution in [3.63, 3.8) is 0 Å². The van der Waals surface area contributed by atoms with Crippen LogP contribution in [0.2, 0.25) is 0 Å². The fraction of sp³-hybridized carbons (Fsp3) is 0.533. The van der Waals surface area contributed by atoms with Crippen LogP contribution in [0.5, 0.6) is 5.75 Å². The number of ether oxygens (including phenoxy) is 1. The molecule has 0 bridgehead atoms. The summed E-state index contributed by atoms with van der Waals surface area (Å²) in [5.41, 5.74) is 7.04. The van der Waals surface area contributed by atoms with E-state index in [4.69, 9.17) is 10.5 Å². The van der Waals surface area contributed by atoms with Crippen molar-refractivity contribution >= 4 is 29.9 Å². The van der Waals surface area contributed by atoms with Crippen molar-refractivity contribution in [2.24, 2.45) is 10.7 Å². The lowest BCUT2D eigenvalue weighted by molar-refractivity contribution is 0.414. The Bertz CT molecular complexity index is 379. The summed E-state index contributed by atoms with van der Waals surface area (Å²) in [7, 11) is 1.67. The van der Waals surface area contributed by atoms with Crippen LogP contribution in [-0.2, 0) is 6.42 Å². The molecule has 0 amide bonds. The molecule has 0 aliphatic carbocycles. The second kappa shape index (κ2) is 11.8. The number of nitrogens with one attached hydrogen (secondary N) is 1. The lowest BCUT2D eigenvalue weighted by Gasteiger charge is -2.06. The van der Waals surface area contributed by atoms with Crippen LogP contribution in [0, 0.1) is 0 Å². The fourth-order valence-corrected chi connectivity index (χ4v) is 1.74. The van der Waals surface area contributed by atoms with Crippen molar-refractivity contribution in [3.8, 4) is 5.75 Å². The van der Waals surface area contributed by atoms with E-state index < -0.39 is 0 Å². The van der Waals surface area contributed by atoms with Gasteiger partial charge in [0, 0.05) is 13.1 Å². The molecule has 0 radical (unpaired) electrons. The van der Waals surface area contributed by atoms with Crippen LogP contribution in [0.25, 0.3) is 0 Å². The average molecular weight is 391 g/mol. The van der Waals surface area contributed by atoms with Gasteiger partial charge in [0.1, 0.15) is 5.75 Å². The number of rotatable bonds is 8. The largest absolute Gasteiger partial charge is 0.497 e. The van der Waals surface area contributed by atoms with Crippen LogP contribution >= 0.6 is 24.0 Å². The quantitative estimate of drug-likeness (QED) is 0.310. The van der Waals surface area contributed by atoms with Crippen molar-refractivity contribution in [2.45, 2.75) is 32.6 Å². The van der Waals surface area contributed by atoms with Crippen molar-refractivity contribution in [3.05, 3.63) is 29.8 Å². The maximum Gasteiger partial charge on any atom is 0.188 e. The molecule has 0 aromatic heterocycles. The van der Waals surface area contributed by atoms with Crippen molar-refractivity contribution in [2.75, 3.05) is 20.2 Å². The molecule has 0 aliphatic heterocycles. The predicted molar refractivity (Wildman–Crippen MR) is 96.1 cm³/mol. The number of methoxy groups -OCH3 is 1. The summed E-state index contributed by atoms with van der Waals surface area (Å²) >= 11 is 0. The average Bonchev–Trinajstić information content (AvgIpc) is 2.44. The molecule has 20 heavy (non-hydrogen) atoms. The second-order valence-corrected chi connectivity index (χ2v) is 4.50. The zero-order valence-corrected chi connectivity index (χ0v) is 14.7. The van der Waals surface area contributed by atoms with Gasteiger partial charge in [0.2, 0.25) is 0 Å². The van der Waals surface area contributed by atoms with Crippen LogP contribution < -0.4 is 15.8 Å². The first-order valence-corrected chi connectivity index (χ1v) is 6.93. The van der Waals surface area contributed by atoms with Crippen molar-refractivity contribution < 1.29 is 4.74 Å². The number of nitrogens with zero attached hydrogens (tertiary/aromatic N) is 1. The molecule has 0 heterocycles. The minimum atomic E-state index is 0. The third-order valence-corrected chi connectivity index (χ3v) is 2.92. The third kappa shape index (κ3) is 8.24. The number of guanidine groups is 1. The van der Waals surface area contributed by atoms with Gasteiger partial charge in [-0.05, 0) is 30.5 Å². The Balaban J connectivity index is 0.00000361. The summed E-state index contributed by atoms with van der Waals surface area (Å²) in [5, 5.41) is 3.13. The van der Waals surface area contributed by atoms with E-state index in [0.29, 0.717) is 5.96 Å². The van der Waals surface area contributed by atoms with Crippen molar-refractivity contribution in [1.29, 1.82) is 0 Å². The van der Waals surface area contributed by atoms with Gasteiger partial charge in [-0.3, -0.25) is 4.99 Å². The van der Waals surface area contributed by atoms with E-state index in [2.05, 4.69) is 29.4 Å². The normalized spacial score (nSPS) is 10.8. The molecule has 0 spiro atoms. The second-order valence-electron chi connectivity index (χ2n) is 4.50. The summed E-state index contributed by atoms with van der Waals surface area (Å²) in [4.78, 5) is 4.28. The van der Waals surface area contributed by atoms with Gasteiger partial charge in [-0.25, -0.2) is 0 Å². The molecule has 1 aromatic rings. The zero-order valence-electron chi connectivity index (χ0n) is 12.4. The molecule has 1 aromatic carbocycles. The number of unbranched alkanes of at least 4 members (excludes halogenated alkanes) is 2. The molecular formula is C15H26IN3O.